The first-order chi connectivity index (χ1) is 17.4. The van der Waals surface area contributed by atoms with Gasteiger partial charge in [-0.2, -0.15) is 0 Å². The molecule has 37 heavy (non-hydrogen) atoms. The van der Waals surface area contributed by atoms with Crippen LogP contribution < -0.4 is 0 Å². The second-order valence-corrected chi connectivity index (χ2v) is 10.6. The molecule has 0 aromatic heterocycles. The van der Waals surface area contributed by atoms with E-state index < -0.39 is 10.4 Å². The molecule has 0 N–H and O–H groups in total. The Balaban J connectivity index is 0.000000341. The molecular formula is C28H30Cl4N2O3. The number of benzene rings is 2. The number of carbonyl (C=O) groups is 2. The second-order valence-electron chi connectivity index (χ2n) is 8.64. The highest BCUT2D eigenvalue weighted by atomic mass is 35.5. The van der Waals surface area contributed by atoms with E-state index in [4.69, 9.17) is 51.1 Å². The highest BCUT2D eigenvalue weighted by Crippen LogP contribution is 2.37. The molecule has 0 saturated heterocycles. The lowest BCUT2D eigenvalue weighted by atomic mass is 9.90. The largest absolute Gasteiger partial charge is 0.477 e. The van der Waals surface area contributed by atoms with Crippen LogP contribution in [0.3, 0.4) is 0 Å². The molecule has 0 radical (unpaired) electrons. The van der Waals surface area contributed by atoms with E-state index in [1.165, 1.54) is 4.90 Å². The quantitative estimate of drug-likeness (QED) is 0.239. The first-order valence-electron chi connectivity index (χ1n) is 11.4. The van der Waals surface area contributed by atoms with Crippen LogP contribution in [0.5, 0.6) is 0 Å². The van der Waals surface area contributed by atoms with Crippen LogP contribution in [0.15, 0.2) is 79.6 Å². The lowest BCUT2D eigenvalue weighted by Crippen LogP contribution is -2.49. The summed E-state index contributed by atoms with van der Waals surface area (Å²) in [6, 6.07) is 14.9. The van der Waals surface area contributed by atoms with E-state index in [2.05, 4.69) is 13.2 Å². The normalized spacial score (nSPS) is 13.5. The predicted molar refractivity (Wildman–Crippen MR) is 154 cm³/mol. The molecular weight excluding hydrogens is 554 g/mol. The fraction of sp³-hybridized carbons (Fsp3) is 0.286. The zero-order valence-corrected chi connectivity index (χ0v) is 24.0. The maximum atomic E-state index is 13.2. The minimum atomic E-state index is -1.01. The molecule has 5 nitrogen and oxygen atoms in total. The number of nitrogens with zero attached hydrogens (tertiary/aromatic N) is 2. The molecule has 1 aliphatic rings. The van der Waals surface area contributed by atoms with E-state index in [0.717, 1.165) is 11.1 Å². The first kappa shape index (κ1) is 30.8. The summed E-state index contributed by atoms with van der Waals surface area (Å²) in [6.07, 6.45) is 3.22. The van der Waals surface area contributed by atoms with Gasteiger partial charge < -0.3 is 9.64 Å². The van der Waals surface area contributed by atoms with E-state index in [-0.39, 0.29) is 18.5 Å². The van der Waals surface area contributed by atoms with Crippen molar-refractivity contribution in [3.8, 4) is 0 Å². The molecule has 0 spiro atoms. The minimum absolute atomic E-state index is 0.0731. The van der Waals surface area contributed by atoms with Crippen molar-refractivity contribution in [3.05, 3.63) is 101 Å². The molecule has 0 aliphatic carbocycles. The summed E-state index contributed by atoms with van der Waals surface area (Å²) in [5.74, 6) is 0.238. The van der Waals surface area contributed by atoms with Gasteiger partial charge in [-0.1, -0.05) is 88.9 Å². The van der Waals surface area contributed by atoms with Crippen LogP contribution in [0.2, 0.25) is 10.0 Å². The van der Waals surface area contributed by atoms with Gasteiger partial charge in [-0.05, 0) is 50.1 Å². The standard InChI is InChI=1S/C20H19Cl2NO2.C8H11Cl2NO/c1-13-18(14-7-5-4-6-8-14)19(24)23(12-25-13)20(2,3)15-9-16(21)11-17(22)10-15;1-3-5-11(6-4-2)8(12)7(9)10/h4-11H,12H2,1-3H3;3-4,7H,1-2,5-6H2. The fourth-order valence-electron chi connectivity index (χ4n) is 3.69. The summed E-state index contributed by atoms with van der Waals surface area (Å²) in [5.41, 5.74) is 1.64. The van der Waals surface area contributed by atoms with Gasteiger partial charge in [-0.15, -0.1) is 13.2 Å². The number of carbonyl (C=O) groups excluding carboxylic acids is 2. The smallest absolute Gasteiger partial charge is 0.261 e. The number of alkyl halides is 2. The SMILES string of the molecule is C=CCN(CC=C)C(=O)C(Cl)Cl.CC1=C(c2ccccc2)C(=O)N(C(C)(C)c2cc(Cl)cc(Cl)c2)CO1. The second kappa shape index (κ2) is 13.9. The molecule has 2 aromatic rings. The monoisotopic (exact) mass is 582 g/mol. The zero-order chi connectivity index (χ0) is 27.8. The molecule has 0 saturated carbocycles. The summed E-state index contributed by atoms with van der Waals surface area (Å²) < 4.78 is 5.81. The Morgan fingerprint density at radius 3 is 2.11 bits per heavy atom. The molecule has 198 valence electrons. The average molecular weight is 584 g/mol. The number of ether oxygens (including phenoxy) is 1. The highest BCUT2D eigenvalue weighted by Gasteiger charge is 2.38. The van der Waals surface area contributed by atoms with Crippen LogP contribution >= 0.6 is 46.4 Å². The number of allylic oxidation sites excluding steroid dienone is 1. The molecule has 3 rings (SSSR count). The van der Waals surface area contributed by atoms with Crippen molar-refractivity contribution < 1.29 is 14.3 Å². The Kier molecular flexibility index (Phi) is 11.6. The molecule has 2 aromatic carbocycles. The molecule has 1 aliphatic heterocycles. The van der Waals surface area contributed by atoms with Crippen LogP contribution in [-0.4, -0.2) is 46.3 Å². The van der Waals surface area contributed by atoms with Crippen molar-refractivity contribution in [1.29, 1.82) is 0 Å². The number of hydrogen-bond donors (Lipinski definition) is 0. The van der Waals surface area contributed by atoms with E-state index in [0.29, 0.717) is 34.5 Å². The first-order valence-corrected chi connectivity index (χ1v) is 13.0. The van der Waals surface area contributed by atoms with Gasteiger partial charge in [0.2, 0.25) is 0 Å². The molecule has 0 unspecified atom stereocenters. The Labute approximate surface area is 238 Å². The van der Waals surface area contributed by atoms with Gasteiger partial charge in [0.1, 0.15) is 5.76 Å². The number of hydrogen-bond acceptors (Lipinski definition) is 3. The van der Waals surface area contributed by atoms with Crippen LogP contribution in [0.25, 0.3) is 5.57 Å². The van der Waals surface area contributed by atoms with E-state index in [9.17, 15) is 9.59 Å². The topological polar surface area (TPSA) is 49.9 Å². The summed E-state index contributed by atoms with van der Waals surface area (Å²) in [7, 11) is 0. The van der Waals surface area contributed by atoms with E-state index in [1.807, 2.05) is 63.2 Å². The van der Waals surface area contributed by atoms with Gasteiger partial charge in [-0.3, -0.25) is 14.5 Å². The minimum Gasteiger partial charge on any atom is -0.477 e. The third-order valence-electron chi connectivity index (χ3n) is 5.72. The van der Waals surface area contributed by atoms with Crippen molar-refractivity contribution in [2.45, 2.75) is 31.1 Å². The average Bonchev–Trinajstić information content (AvgIpc) is 2.84. The van der Waals surface area contributed by atoms with Gasteiger partial charge in [0.25, 0.3) is 11.8 Å². The highest BCUT2D eigenvalue weighted by molar-refractivity contribution is 6.53. The Morgan fingerprint density at radius 1 is 1.08 bits per heavy atom. The van der Waals surface area contributed by atoms with E-state index >= 15 is 0 Å². The van der Waals surface area contributed by atoms with Crippen LogP contribution in [0.4, 0.5) is 0 Å². The molecule has 0 bridgehead atoms. The van der Waals surface area contributed by atoms with Crippen molar-refractivity contribution in [2.24, 2.45) is 0 Å². The zero-order valence-electron chi connectivity index (χ0n) is 21.0. The molecule has 0 atom stereocenters. The third kappa shape index (κ3) is 8.02. The molecule has 0 fully saturated rings. The van der Waals surface area contributed by atoms with Gasteiger partial charge in [-0.25, -0.2) is 0 Å². The van der Waals surface area contributed by atoms with Crippen LogP contribution in [-0.2, 0) is 19.9 Å². The lowest BCUT2D eigenvalue weighted by molar-refractivity contribution is -0.139. The van der Waals surface area contributed by atoms with Gasteiger partial charge >= 0.3 is 0 Å². The van der Waals surface area contributed by atoms with E-state index in [1.54, 1.807) is 23.1 Å². The molecule has 9 heteroatoms. The Hall–Kier alpha value is -2.44. The van der Waals surface area contributed by atoms with Crippen molar-refractivity contribution in [1.82, 2.24) is 9.80 Å². The van der Waals surface area contributed by atoms with Gasteiger partial charge in [0, 0.05) is 23.1 Å². The fourth-order valence-corrected chi connectivity index (χ4v) is 4.49. The number of halogens is 4. The van der Waals surface area contributed by atoms with Gasteiger partial charge in [0.05, 0.1) is 11.1 Å². The summed E-state index contributed by atoms with van der Waals surface area (Å²) >= 11 is 23.1. The number of rotatable bonds is 8. The van der Waals surface area contributed by atoms with Crippen molar-refractivity contribution in [2.75, 3.05) is 19.8 Å². The Morgan fingerprint density at radius 2 is 1.62 bits per heavy atom. The molecule has 2 amide bonds. The summed E-state index contributed by atoms with van der Waals surface area (Å²) in [4.78, 5) is 26.6. The maximum Gasteiger partial charge on any atom is 0.261 e. The molecule has 1 heterocycles. The summed E-state index contributed by atoms with van der Waals surface area (Å²) in [5, 5.41) is 1.08. The lowest BCUT2D eigenvalue weighted by Gasteiger charge is -2.42. The Bertz CT molecular complexity index is 1130. The van der Waals surface area contributed by atoms with Crippen LogP contribution in [0.1, 0.15) is 31.9 Å². The maximum absolute atomic E-state index is 13.2. The van der Waals surface area contributed by atoms with Gasteiger partial charge in [0.15, 0.2) is 11.6 Å². The predicted octanol–water partition coefficient (Wildman–Crippen LogP) is 7.47. The summed E-state index contributed by atoms with van der Waals surface area (Å²) in [6.45, 7) is 13.8. The van der Waals surface area contributed by atoms with Crippen LogP contribution in [0, 0.1) is 0 Å². The van der Waals surface area contributed by atoms with Crippen molar-refractivity contribution >= 4 is 63.8 Å². The van der Waals surface area contributed by atoms with Crippen molar-refractivity contribution in [3.63, 3.8) is 0 Å². The third-order valence-corrected chi connectivity index (χ3v) is 6.53. The number of amides is 2.